The zero-order valence-electron chi connectivity index (χ0n) is 11.2. The minimum atomic E-state index is -3.93. The number of carbonyl (C=O) groups is 1. The van der Waals surface area contributed by atoms with Crippen molar-refractivity contribution < 1.29 is 22.7 Å². The molecule has 21 heavy (non-hydrogen) atoms. The maximum atomic E-state index is 12.6. The predicted octanol–water partition coefficient (Wildman–Crippen LogP) is 2.87. The van der Waals surface area contributed by atoms with Crippen LogP contribution in [0.25, 0.3) is 0 Å². The molecule has 1 N–H and O–H groups in total. The van der Waals surface area contributed by atoms with E-state index in [0.29, 0.717) is 5.69 Å². The van der Waals surface area contributed by atoms with E-state index in [1.165, 1.54) is 7.05 Å². The molecule has 0 aliphatic heterocycles. The summed E-state index contributed by atoms with van der Waals surface area (Å²) in [6.45, 7) is 1.79. The molecule has 0 atom stereocenters. The third-order valence-electron chi connectivity index (χ3n) is 2.96. The average Bonchev–Trinajstić information content (AvgIpc) is 2.81. The molecular weight excluding hydrogens is 362 g/mol. The van der Waals surface area contributed by atoms with Crippen LogP contribution in [-0.2, 0) is 10.0 Å². The lowest BCUT2D eigenvalue weighted by molar-refractivity contribution is 0.0661. The number of carboxylic acid groups (broad SMARTS) is 1. The van der Waals surface area contributed by atoms with E-state index in [0.717, 1.165) is 15.9 Å². The molecule has 112 valence electrons. The van der Waals surface area contributed by atoms with Gasteiger partial charge in [-0.1, -0.05) is 18.2 Å². The lowest BCUT2D eigenvalue weighted by Crippen LogP contribution is -2.27. The molecule has 6 nitrogen and oxygen atoms in total. The normalized spacial score (nSPS) is 11.4. The van der Waals surface area contributed by atoms with E-state index in [2.05, 4.69) is 15.9 Å². The molecule has 1 aromatic carbocycles. The third kappa shape index (κ3) is 2.81. The number of nitrogens with zero attached hydrogens (tertiary/aromatic N) is 1. The van der Waals surface area contributed by atoms with Gasteiger partial charge in [0.15, 0.2) is 4.67 Å². The number of hydrogen-bond donors (Lipinski definition) is 1. The molecule has 0 amide bonds. The van der Waals surface area contributed by atoms with Crippen LogP contribution in [0.15, 0.2) is 44.3 Å². The van der Waals surface area contributed by atoms with Crippen molar-refractivity contribution in [2.75, 3.05) is 11.4 Å². The van der Waals surface area contributed by atoms with Crippen LogP contribution in [0.3, 0.4) is 0 Å². The van der Waals surface area contributed by atoms with Gasteiger partial charge in [-0.15, -0.1) is 0 Å². The number of rotatable bonds is 4. The van der Waals surface area contributed by atoms with E-state index in [4.69, 9.17) is 9.52 Å². The van der Waals surface area contributed by atoms with Gasteiger partial charge in [0, 0.05) is 13.1 Å². The predicted molar refractivity (Wildman–Crippen MR) is 80.1 cm³/mol. The summed E-state index contributed by atoms with van der Waals surface area (Å²) < 4.78 is 31.0. The Balaban J connectivity index is 2.52. The van der Waals surface area contributed by atoms with Crippen molar-refractivity contribution in [1.82, 2.24) is 0 Å². The first-order valence-corrected chi connectivity index (χ1v) is 8.05. The Bertz CT molecular complexity index is 797. The van der Waals surface area contributed by atoms with Crippen molar-refractivity contribution in [3.63, 3.8) is 0 Å². The van der Waals surface area contributed by atoms with E-state index < -0.39 is 21.8 Å². The standard InChI is InChI=1S/C13H12BrNO5S/c1-8-5-3-4-6-9(8)15(2)21(18,19)11-7-10(13(16)17)20-12(11)14/h3-7H,1-2H3,(H,16,17). The molecule has 0 aliphatic carbocycles. The fourth-order valence-corrected chi connectivity index (χ4v) is 3.99. The molecule has 8 heteroatoms. The van der Waals surface area contributed by atoms with Crippen molar-refractivity contribution in [3.05, 3.63) is 46.3 Å². The smallest absolute Gasteiger partial charge is 0.371 e. The van der Waals surface area contributed by atoms with Crippen molar-refractivity contribution >= 4 is 37.6 Å². The first-order chi connectivity index (χ1) is 9.75. The van der Waals surface area contributed by atoms with Gasteiger partial charge in [0.25, 0.3) is 10.0 Å². The Hall–Kier alpha value is -1.80. The van der Waals surface area contributed by atoms with Crippen molar-refractivity contribution in [2.45, 2.75) is 11.8 Å². The first kappa shape index (κ1) is 15.6. The zero-order valence-corrected chi connectivity index (χ0v) is 13.6. The van der Waals surface area contributed by atoms with Gasteiger partial charge in [0.1, 0.15) is 4.90 Å². The lowest BCUT2D eigenvalue weighted by Gasteiger charge is -2.20. The van der Waals surface area contributed by atoms with Crippen LogP contribution in [0.1, 0.15) is 16.1 Å². The molecule has 0 spiro atoms. The Morgan fingerprint density at radius 3 is 2.48 bits per heavy atom. The molecule has 0 radical (unpaired) electrons. The topological polar surface area (TPSA) is 87.8 Å². The van der Waals surface area contributed by atoms with Crippen LogP contribution in [0.4, 0.5) is 5.69 Å². The van der Waals surface area contributed by atoms with E-state index in [9.17, 15) is 13.2 Å². The number of aromatic carboxylic acids is 1. The summed E-state index contributed by atoms with van der Waals surface area (Å²) >= 11 is 2.94. The number of carboxylic acids is 1. The summed E-state index contributed by atoms with van der Waals surface area (Å²) in [5.74, 6) is -1.78. The van der Waals surface area contributed by atoms with Gasteiger partial charge in [-0.2, -0.15) is 0 Å². The molecule has 0 saturated heterocycles. The molecule has 0 fully saturated rings. The molecule has 0 aliphatic rings. The second-order valence-corrected chi connectivity index (χ2v) is 6.97. The van der Waals surface area contributed by atoms with E-state index in [1.54, 1.807) is 31.2 Å². The quantitative estimate of drug-likeness (QED) is 0.889. The van der Waals surface area contributed by atoms with Crippen LogP contribution >= 0.6 is 15.9 Å². The van der Waals surface area contributed by atoms with Gasteiger partial charge in [-0.3, -0.25) is 4.31 Å². The highest BCUT2D eigenvalue weighted by atomic mass is 79.9. The second kappa shape index (κ2) is 5.53. The maximum Gasteiger partial charge on any atom is 0.371 e. The number of hydrogen-bond acceptors (Lipinski definition) is 4. The fraction of sp³-hybridized carbons (Fsp3) is 0.154. The molecule has 0 unspecified atom stereocenters. The minimum absolute atomic E-state index is 0.139. The van der Waals surface area contributed by atoms with Gasteiger partial charge in [0.05, 0.1) is 5.69 Å². The van der Waals surface area contributed by atoms with Gasteiger partial charge < -0.3 is 9.52 Å². The highest BCUT2D eigenvalue weighted by Gasteiger charge is 2.29. The van der Waals surface area contributed by atoms with E-state index in [1.807, 2.05) is 0 Å². The van der Waals surface area contributed by atoms with Gasteiger partial charge in [0.2, 0.25) is 5.76 Å². The lowest BCUT2D eigenvalue weighted by atomic mass is 10.2. The van der Waals surface area contributed by atoms with Crippen LogP contribution in [0.5, 0.6) is 0 Å². The molecule has 1 heterocycles. The summed E-state index contributed by atoms with van der Waals surface area (Å²) in [7, 11) is -2.53. The monoisotopic (exact) mass is 373 g/mol. The third-order valence-corrected chi connectivity index (χ3v) is 5.59. The summed E-state index contributed by atoms with van der Waals surface area (Å²) in [6.07, 6.45) is 0. The summed E-state index contributed by atoms with van der Waals surface area (Å²) in [5, 5.41) is 8.87. The number of aryl methyl sites for hydroxylation is 1. The van der Waals surface area contributed by atoms with Gasteiger partial charge in [-0.05, 0) is 34.5 Å². The molecule has 0 bridgehead atoms. The number of halogens is 1. The minimum Gasteiger partial charge on any atom is -0.475 e. The number of para-hydroxylation sites is 1. The SMILES string of the molecule is Cc1ccccc1N(C)S(=O)(=O)c1cc(C(=O)O)oc1Br. The number of furan rings is 1. The number of sulfonamides is 1. The van der Waals surface area contributed by atoms with Crippen LogP contribution in [0.2, 0.25) is 0 Å². The van der Waals surface area contributed by atoms with Crippen molar-refractivity contribution in [3.8, 4) is 0 Å². The van der Waals surface area contributed by atoms with Crippen LogP contribution in [-0.4, -0.2) is 26.5 Å². The molecule has 2 rings (SSSR count). The van der Waals surface area contributed by atoms with Crippen molar-refractivity contribution in [1.29, 1.82) is 0 Å². The zero-order chi connectivity index (χ0) is 15.8. The molecular formula is C13H12BrNO5S. The Labute approximate surface area is 130 Å². The van der Waals surface area contributed by atoms with E-state index in [-0.39, 0.29) is 9.56 Å². The van der Waals surface area contributed by atoms with Crippen LogP contribution < -0.4 is 4.31 Å². The highest BCUT2D eigenvalue weighted by Crippen LogP contribution is 2.31. The number of anilines is 1. The fourth-order valence-electron chi connectivity index (χ4n) is 1.83. The Kier molecular flexibility index (Phi) is 4.11. The van der Waals surface area contributed by atoms with Crippen molar-refractivity contribution in [2.24, 2.45) is 0 Å². The summed E-state index contributed by atoms with van der Waals surface area (Å²) in [6, 6.07) is 7.96. The average molecular weight is 374 g/mol. The van der Waals surface area contributed by atoms with E-state index >= 15 is 0 Å². The molecule has 0 saturated carbocycles. The van der Waals surface area contributed by atoms with Gasteiger partial charge in [-0.25, -0.2) is 13.2 Å². The van der Waals surface area contributed by atoms with Gasteiger partial charge >= 0.3 is 5.97 Å². The highest BCUT2D eigenvalue weighted by molar-refractivity contribution is 9.10. The summed E-state index contributed by atoms with van der Waals surface area (Å²) in [5.41, 5.74) is 1.28. The Morgan fingerprint density at radius 2 is 1.95 bits per heavy atom. The Morgan fingerprint density at radius 1 is 1.33 bits per heavy atom. The maximum absolute atomic E-state index is 12.6. The molecule has 2 aromatic rings. The summed E-state index contributed by atoms with van der Waals surface area (Å²) in [4.78, 5) is 10.6. The van der Waals surface area contributed by atoms with Crippen LogP contribution in [0, 0.1) is 6.92 Å². The molecule has 1 aromatic heterocycles. The second-order valence-electron chi connectivity index (χ2n) is 4.31. The number of benzene rings is 1. The first-order valence-electron chi connectivity index (χ1n) is 5.82. The largest absolute Gasteiger partial charge is 0.475 e.